The van der Waals surface area contributed by atoms with E-state index in [1.165, 1.54) is 39.9 Å². The SMILES string of the molecule is COC(=O)[C@@H](c1ccccc1)[C@@H]1CCCCN1.COC(=O)[C@@H](c1ccccc1)[C@H]1CCCCN1. The van der Waals surface area contributed by atoms with Gasteiger partial charge < -0.3 is 20.1 Å². The van der Waals surface area contributed by atoms with Crippen molar-refractivity contribution in [1.29, 1.82) is 0 Å². The van der Waals surface area contributed by atoms with Crippen LogP contribution >= 0.6 is 0 Å². The number of rotatable bonds is 6. The normalized spacial score (nSPS) is 21.8. The third-order valence-corrected chi connectivity index (χ3v) is 6.73. The van der Waals surface area contributed by atoms with Gasteiger partial charge in [0, 0.05) is 12.1 Å². The Hall–Kier alpha value is -2.70. The predicted octanol–water partition coefficient (Wildman–Crippen LogP) is 4.17. The first-order valence-electron chi connectivity index (χ1n) is 12.4. The molecule has 0 amide bonds. The van der Waals surface area contributed by atoms with E-state index < -0.39 is 0 Å². The summed E-state index contributed by atoms with van der Waals surface area (Å²) in [6.07, 6.45) is 6.82. The highest BCUT2D eigenvalue weighted by atomic mass is 16.5. The fourth-order valence-electron chi connectivity index (χ4n) is 4.97. The molecule has 4 rings (SSSR count). The number of carbonyl (C=O) groups is 2. The lowest BCUT2D eigenvalue weighted by Crippen LogP contribution is -2.42. The maximum Gasteiger partial charge on any atom is 0.314 e. The van der Waals surface area contributed by atoms with E-state index in [0.29, 0.717) is 0 Å². The molecule has 2 aromatic rings. The zero-order chi connectivity index (χ0) is 24.2. The molecule has 34 heavy (non-hydrogen) atoms. The molecule has 2 fully saturated rings. The Balaban J connectivity index is 0.000000191. The first-order valence-corrected chi connectivity index (χ1v) is 12.4. The molecule has 0 aromatic heterocycles. The standard InChI is InChI=1S/2C14H19NO2/c2*1-17-14(16)13(11-7-3-2-4-8-11)12-9-5-6-10-15-12/h2*2-4,7-8,12-13,15H,5-6,9-10H2,1H3/t12-,13+;12-,13-/m10/s1. The Morgan fingerprint density at radius 2 is 1.06 bits per heavy atom. The van der Waals surface area contributed by atoms with Crippen molar-refractivity contribution in [3.8, 4) is 0 Å². The number of ether oxygens (including phenoxy) is 2. The third-order valence-electron chi connectivity index (χ3n) is 6.73. The molecule has 0 radical (unpaired) electrons. The second kappa shape index (κ2) is 13.9. The molecule has 6 nitrogen and oxygen atoms in total. The number of benzene rings is 2. The van der Waals surface area contributed by atoms with E-state index in [0.717, 1.165) is 37.1 Å². The fourth-order valence-corrected chi connectivity index (χ4v) is 4.97. The summed E-state index contributed by atoms with van der Waals surface area (Å²) in [6, 6.07) is 20.2. The first kappa shape index (κ1) is 25.9. The second-order valence-electron chi connectivity index (χ2n) is 8.94. The lowest BCUT2D eigenvalue weighted by Gasteiger charge is -2.29. The number of piperidine rings is 2. The highest BCUT2D eigenvalue weighted by Gasteiger charge is 2.32. The van der Waals surface area contributed by atoms with Gasteiger partial charge in [0.05, 0.1) is 26.1 Å². The summed E-state index contributed by atoms with van der Waals surface area (Å²) in [5.74, 6) is -0.644. The van der Waals surface area contributed by atoms with Crippen molar-refractivity contribution in [3.05, 3.63) is 71.8 Å². The van der Waals surface area contributed by atoms with E-state index in [1.807, 2.05) is 60.7 Å². The van der Waals surface area contributed by atoms with Crippen LogP contribution in [0.15, 0.2) is 60.7 Å². The first-order chi connectivity index (χ1) is 16.7. The molecule has 0 unspecified atom stereocenters. The second-order valence-corrected chi connectivity index (χ2v) is 8.94. The van der Waals surface area contributed by atoms with Crippen LogP contribution in [0.3, 0.4) is 0 Å². The van der Waals surface area contributed by atoms with E-state index in [9.17, 15) is 9.59 Å². The van der Waals surface area contributed by atoms with E-state index in [1.54, 1.807) is 0 Å². The zero-order valence-corrected chi connectivity index (χ0v) is 20.4. The van der Waals surface area contributed by atoms with Gasteiger partial charge in [-0.2, -0.15) is 0 Å². The fraction of sp³-hybridized carbons (Fsp3) is 0.500. The van der Waals surface area contributed by atoms with Crippen LogP contribution < -0.4 is 10.6 Å². The van der Waals surface area contributed by atoms with Crippen molar-refractivity contribution >= 4 is 11.9 Å². The van der Waals surface area contributed by atoms with E-state index in [4.69, 9.17) is 9.47 Å². The number of esters is 2. The molecule has 2 aromatic carbocycles. The van der Waals surface area contributed by atoms with Crippen LogP contribution in [0.5, 0.6) is 0 Å². The average Bonchev–Trinajstić information content (AvgIpc) is 2.91. The summed E-state index contributed by atoms with van der Waals surface area (Å²) < 4.78 is 9.88. The minimum Gasteiger partial charge on any atom is -0.469 e. The molecule has 2 aliphatic rings. The van der Waals surface area contributed by atoms with Crippen molar-refractivity contribution in [2.24, 2.45) is 0 Å². The number of hydrogen-bond donors (Lipinski definition) is 2. The molecular formula is C28H38N2O4. The van der Waals surface area contributed by atoms with Crippen LogP contribution in [0, 0.1) is 0 Å². The molecule has 2 saturated heterocycles. The monoisotopic (exact) mass is 466 g/mol. The minimum absolute atomic E-state index is 0.143. The van der Waals surface area contributed by atoms with E-state index >= 15 is 0 Å². The Morgan fingerprint density at radius 3 is 1.35 bits per heavy atom. The summed E-state index contributed by atoms with van der Waals surface area (Å²) in [6.45, 7) is 1.98. The lowest BCUT2D eigenvalue weighted by atomic mass is 9.86. The zero-order valence-electron chi connectivity index (χ0n) is 20.4. The quantitative estimate of drug-likeness (QED) is 0.623. The Kier molecular flexibility index (Phi) is 10.6. The van der Waals surface area contributed by atoms with Crippen LogP contribution in [0.25, 0.3) is 0 Å². The Labute approximate surface area is 203 Å². The van der Waals surface area contributed by atoms with Crippen molar-refractivity contribution in [2.75, 3.05) is 27.3 Å². The molecule has 2 heterocycles. The van der Waals surface area contributed by atoms with Crippen LogP contribution in [0.4, 0.5) is 0 Å². The van der Waals surface area contributed by atoms with Crippen molar-refractivity contribution in [3.63, 3.8) is 0 Å². The molecule has 6 heteroatoms. The molecule has 4 atom stereocenters. The molecule has 2 aliphatic heterocycles. The molecule has 184 valence electrons. The van der Waals surface area contributed by atoms with Gasteiger partial charge in [-0.05, 0) is 49.9 Å². The highest BCUT2D eigenvalue weighted by Crippen LogP contribution is 2.27. The third kappa shape index (κ3) is 7.15. The van der Waals surface area contributed by atoms with Gasteiger partial charge in [0.2, 0.25) is 0 Å². The highest BCUT2D eigenvalue weighted by molar-refractivity contribution is 5.79. The summed E-state index contributed by atoms with van der Waals surface area (Å²) in [7, 11) is 2.92. The van der Waals surface area contributed by atoms with Crippen LogP contribution in [-0.2, 0) is 19.1 Å². The van der Waals surface area contributed by atoms with Crippen molar-refractivity contribution < 1.29 is 19.1 Å². The van der Waals surface area contributed by atoms with Crippen LogP contribution in [-0.4, -0.2) is 51.3 Å². The molecule has 0 saturated carbocycles. The van der Waals surface area contributed by atoms with Gasteiger partial charge >= 0.3 is 11.9 Å². The molecule has 2 N–H and O–H groups in total. The molecular weight excluding hydrogens is 428 g/mol. The summed E-state index contributed by atoms with van der Waals surface area (Å²) in [5.41, 5.74) is 2.08. The average molecular weight is 467 g/mol. The van der Waals surface area contributed by atoms with Gasteiger partial charge in [-0.25, -0.2) is 0 Å². The van der Waals surface area contributed by atoms with Gasteiger partial charge in [-0.15, -0.1) is 0 Å². The molecule has 0 spiro atoms. The maximum atomic E-state index is 11.9. The van der Waals surface area contributed by atoms with Gasteiger partial charge in [-0.3, -0.25) is 9.59 Å². The van der Waals surface area contributed by atoms with Gasteiger partial charge in [-0.1, -0.05) is 73.5 Å². The van der Waals surface area contributed by atoms with Crippen molar-refractivity contribution in [1.82, 2.24) is 10.6 Å². The summed E-state index contributed by atoms with van der Waals surface area (Å²) in [5, 5.41) is 6.86. The van der Waals surface area contributed by atoms with Gasteiger partial charge in [0.1, 0.15) is 0 Å². The topological polar surface area (TPSA) is 76.7 Å². The summed E-state index contributed by atoms with van der Waals surface area (Å²) in [4.78, 5) is 23.9. The van der Waals surface area contributed by atoms with Gasteiger partial charge in [0.15, 0.2) is 0 Å². The van der Waals surface area contributed by atoms with E-state index in [-0.39, 0.29) is 35.9 Å². The van der Waals surface area contributed by atoms with Crippen LogP contribution in [0.2, 0.25) is 0 Å². The number of carbonyl (C=O) groups excluding carboxylic acids is 2. The predicted molar refractivity (Wildman–Crippen MR) is 134 cm³/mol. The van der Waals surface area contributed by atoms with Crippen LogP contribution in [0.1, 0.15) is 61.5 Å². The van der Waals surface area contributed by atoms with Gasteiger partial charge in [0.25, 0.3) is 0 Å². The number of nitrogens with one attached hydrogen (secondary N) is 2. The summed E-state index contributed by atoms with van der Waals surface area (Å²) >= 11 is 0. The van der Waals surface area contributed by atoms with Crippen molar-refractivity contribution in [2.45, 2.75) is 62.4 Å². The Morgan fingerprint density at radius 1 is 0.676 bits per heavy atom. The molecule has 0 bridgehead atoms. The smallest absolute Gasteiger partial charge is 0.314 e. The number of methoxy groups -OCH3 is 2. The molecule has 0 aliphatic carbocycles. The maximum absolute atomic E-state index is 11.9. The lowest BCUT2D eigenvalue weighted by molar-refractivity contribution is -0.144. The number of hydrogen-bond acceptors (Lipinski definition) is 6. The Bertz CT molecular complexity index is 789. The van der Waals surface area contributed by atoms with E-state index in [2.05, 4.69) is 10.6 Å². The minimum atomic E-state index is -0.179. The largest absolute Gasteiger partial charge is 0.469 e.